The van der Waals surface area contributed by atoms with Crippen LogP contribution in [0.15, 0.2) is 18.3 Å². The van der Waals surface area contributed by atoms with Crippen LogP contribution in [-0.2, 0) is 0 Å². The summed E-state index contributed by atoms with van der Waals surface area (Å²) in [5.41, 5.74) is 3.02. The highest BCUT2D eigenvalue weighted by atomic mass is 16.5. The Hall–Kier alpha value is -2.17. The van der Waals surface area contributed by atoms with Gasteiger partial charge in [-0.05, 0) is 32.8 Å². The Bertz CT molecular complexity index is 635. The van der Waals surface area contributed by atoms with E-state index in [0.717, 1.165) is 35.0 Å². The van der Waals surface area contributed by atoms with E-state index in [2.05, 4.69) is 22.2 Å². The fourth-order valence-electron chi connectivity index (χ4n) is 2.32. The van der Waals surface area contributed by atoms with E-state index in [1.54, 1.807) is 13.3 Å². The fourth-order valence-corrected chi connectivity index (χ4v) is 2.32. The zero-order chi connectivity index (χ0) is 14.8. The van der Waals surface area contributed by atoms with E-state index in [-0.39, 0.29) is 0 Å². The van der Waals surface area contributed by atoms with Gasteiger partial charge in [-0.3, -0.25) is 0 Å². The van der Waals surface area contributed by atoms with Crippen molar-refractivity contribution < 1.29 is 4.74 Å². The third-order valence-electron chi connectivity index (χ3n) is 3.67. The molecule has 21 heavy (non-hydrogen) atoms. The standard InChI is InChI=1S/C16H20N4O/c1-4-17-15-10(2)14(19-16(20-15)11-5-6-11)12-7-8-13(21-3)18-9-12/h7-9,11H,4-6H2,1-3H3,(H,17,19,20). The van der Waals surface area contributed by atoms with E-state index in [0.29, 0.717) is 11.8 Å². The molecule has 1 saturated carbocycles. The second kappa shape index (κ2) is 5.68. The Kier molecular flexibility index (Phi) is 3.73. The van der Waals surface area contributed by atoms with Crippen molar-refractivity contribution in [3.8, 4) is 17.1 Å². The normalized spacial score (nSPS) is 14.0. The highest BCUT2D eigenvalue weighted by molar-refractivity contribution is 5.68. The highest BCUT2D eigenvalue weighted by Crippen LogP contribution is 2.40. The molecule has 0 bridgehead atoms. The van der Waals surface area contributed by atoms with E-state index in [1.807, 2.05) is 19.1 Å². The number of nitrogens with zero attached hydrogens (tertiary/aromatic N) is 3. The van der Waals surface area contributed by atoms with Gasteiger partial charge in [0.2, 0.25) is 5.88 Å². The van der Waals surface area contributed by atoms with Crippen LogP contribution in [-0.4, -0.2) is 28.6 Å². The number of rotatable bonds is 5. The maximum absolute atomic E-state index is 5.11. The smallest absolute Gasteiger partial charge is 0.212 e. The summed E-state index contributed by atoms with van der Waals surface area (Å²) < 4.78 is 5.11. The molecule has 0 spiro atoms. The summed E-state index contributed by atoms with van der Waals surface area (Å²) in [4.78, 5) is 13.7. The number of aromatic nitrogens is 3. The molecule has 1 N–H and O–H groups in total. The summed E-state index contributed by atoms with van der Waals surface area (Å²) >= 11 is 0. The molecule has 5 nitrogen and oxygen atoms in total. The van der Waals surface area contributed by atoms with Gasteiger partial charge < -0.3 is 10.1 Å². The van der Waals surface area contributed by atoms with Crippen LogP contribution in [0, 0.1) is 6.92 Å². The van der Waals surface area contributed by atoms with Crippen molar-refractivity contribution in [2.45, 2.75) is 32.6 Å². The van der Waals surface area contributed by atoms with Crippen LogP contribution in [0.2, 0.25) is 0 Å². The molecule has 5 heteroatoms. The van der Waals surface area contributed by atoms with Gasteiger partial charge in [-0.1, -0.05) is 0 Å². The summed E-state index contributed by atoms with van der Waals surface area (Å²) in [6.45, 7) is 4.98. The Labute approximate surface area is 124 Å². The summed E-state index contributed by atoms with van der Waals surface area (Å²) in [5.74, 6) is 3.01. The SMILES string of the molecule is CCNc1nc(C2CC2)nc(-c2ccc(OC)nc2)c1C. The fraction of sp³-hybridized carbons (Fsp3) is 0.438. The van der Waals surface area contributed by atoms with Gasteiger partial charge in [0, 0.05) is 35.9 Å². The highest BCUT2D eigenvalue weighted by Gasteiger charge is 2.28. The van der Waals surface area contributed by atoms with Crippen molar-refractivity contribution in [2.24, 2.45) is 0 Å². The minimum atomic E-state index is 0.521. The van der Waals surface area contributed by atoms with Crippen molar-refractivity contribution in [1.82, 2.24) is 15.0 Å². The van der Waals surface area contributed by atoms with Gasteiger partial charge in [-0.2, -0.15) is 0 Å². The Morgan fingerprint density at radius 3 is 2.67 bits per heavy atom. The first kappa shape index (κ1) is 13.8. The van der Waals surface area contributed by atoms with E-state index in [4.69, 9.17) is 9.72 Å². The minimum Gasteiger partial charge on any atom is -0.481 e. The molecular weight excluding hydrogens is 264 g/mol. The zero-order valence-corrected chi connectivity index (χ0v) is 12.7. The predicted octanol–water partition coefficient (Wildman–Crippen LogP) is 3.16. The molecule has 0 unspecified atom stereocenters. The molecule has 0 radical (unpaired) electrons. The van der Waals surface area contributed by atoms with Crippen molar-refractivity contribution in [1.29, 1.82) is 0 Å². The molecule has 0 atom stereocenters. The lowest BCUT2D eigenvalue weighted by molar-refractivity contribution is 0.398. The molecule has 2 aromatic heterocycles. The van der Waals surface area contributed by atoms with Crippen LogP contribution in [0.1, 0.15) is 37.1 Å². The van der Waals surface area contributed by atoms with Crippen molar-refractivity contribution in [3.05, 3.63) is 29.7 Å². The maximum Gasteiger partial charge on any atom is 0.212 e. The molecule has 0 amide bonds. The molecule has 2 aromatic rings. The largest absolute Gasteiger partial charge is 0.481 e. The second-order valence-corrected chi connectivity index (χ2v) is 5.30. The molecular formula is C16H20N4O. The number of methoxy groups -OCH3 is 1. The van der Waals surface area contributed by atoms with Crippen molar-refractivity contribution in [2.75, 3.05) is 19.0 Å². The van der Waals surface area contributed by atoms with Gasteiger partial charge in [0.25, 0.3) is 0 Å². The second-order valence-electron chi connectivity index (χ2n) is 5.30. The molecule has 1 fully saturated rings. The average molecular weight is 284 g/mol. The van der Waals surface area contributed by atoms with Gasteiger partial charge in [0.05, 0.1) is 12.8 Å². The molecule has 110 valence electrons. The van der Waals surface area contributed by atoms with Gasteiger partial charge in [0.15, 0.2) is 0 Å². The van der Waals surface area contributed by atoms with E-state index >= 15 is 0 Å². The molecule has 0 aromatic carbocycles. The van der Waals surface area contributed by atoms with Gasteiger partial charge in [-0.15, -0.1) is 0 Å². The lowest BCUT2D eigenvalue weighted by Gasteiger charge is -2.13. The van der Waals surface area contributed by atoms with Crippen molar-refractivity contribution in [3.63, 3.8) is 0 Å². The number of hydrogen-bond acceptors (Lipinski definition) is 5. The van der Waals surface area contributed by atoms with Crippen LogP contribution >= 0.6 is 0 Å². The molecule has 3 rings (SSSR count). The Balaban J connectivity index is 2.05. The Morgan fingerprint density at radius 1 is 1.29 bits per heavy atom. The summed E-state index contributed by atoms with van der Waals surface area (Å²) in [5, 5.41) is 3.34. The Morgan fingerprint density at radius 2 is 2.10 bits per heavy atom. The van der Waals surface area contributed by atoms with E-state index < -0.39 is 0 Å². The van der Waals surface area contributed by atoms with Crippen LogP contribution in [0.4, 0.5) is 5.82 Å². The van der Waals surface area contributed by atoms with Crippen LogP contribution in [0.5, 0.6) is 5.88 Å². The molecule has 1 aliphatic rings. The molecule has 0 saturated heterocycles. The molecule has 1 aliphatic carbocycles. The van der Waals surface area contributed by atoms with Gasteiger partial charge in [0.1, 0.15) is 11.6 Å². The minimum absolute atomic E-state index is 0.521. The predicted molar refractivity (Wildman–Crippen MR) is 82.7 cm³/mol. The topological polar surface area (TPSA) is 59.9 Å². The van der Waals surface area contributed by atoms with Crippen LogP contribution in [0.25, 0.3) is 11.3 Å². The van der Waals surface area contributed by atoms with Gasteiger partial charge in [-0.25, -0.2) is 15.0 Å². The first-order valence-electron chi connectivity index (χ1n) is 7.35. The monoisotopic (exact) mass is 284 g/mol. The van der Waals surface area contributed by atoms with E-state index in [9.17, 15) is 0 Å². The maximum atomic E-state index is 5.11. The third-order valence-corrected chi connectivity index (χ3v) is 3.67. The lowest BCUT2D eigenvalue weighted by atomic mass is 10.1. The number of hydrogen-bond donors (Lipinski definition) is 1. The lowest BCUT2D eigenvalue weighted by Crippen LogP contribution is -2.07. The van der Waals surface area contributed by atoms with Crippen LogP contribution in [0.3, 0.4) is 0 Å². The molecule has 2 heterocycles. The number of nitrogens with one attached hydrogen (secondary N) is 1. The number of ether oxygens (including phenoxy) is 1. The zero-order valence-electron chi connectivity index (χ0n) is 12.7. The number of pyridine rings is 1. The quantitative estimate of drug-likeness (QED) is 0.914. The van der Waals surface area contributed by atoms with Crippen LogP contribution < -0.4 is 10.1 Å². The first-order valence-corrected chi connectivity index (χ1v) is 7.35. The van der Waals surface area contributed by atoms with Crippen molar-refractivity contribution >= 4 is 5.82 Å². The average Bonchev–Trinajstić information content (AvgIpc) is 3.34. The van der Waals surface area contributed by atoms with E-state index in [1.165, 1.54) is 12.8 Å². The number of anilines is 1. The summed E-state index contributed by atoms with van der Waals surface area (Å²) in [6.07, 6.45) is 4.18. The first-order chi connectivity index (χ1) is 10.2. The summed E-state index contributed by atoms with van der Waals surface area (Å²) in [6, 6.07) is 3.86. The van der Waals surface area contributed by atoms with Gasteiger partial charge >= 0.3 is 0 Å². The third kappa shape index (κ3) is 2.82. The summed E-state index contributed by atoms with van der Waals surface area (Å²) in [7, 11) is 1.62. The molecule has 0 aliphatic heterocycles.